The molecule has 3 nitrogen and oxygen atoms in total. The third kappa shape index (κ3) is 6.92. The van der Waals surface area contributed by atoms with Gasteiger partial charge < -0.3 is 10.5 Å². The minimum absolute atomic E-state index is 0.141. The minimum atomic E-state index is -0.141. The zero-order valence-electron chi connectivity index (χ0n) is 12.1. The number of benzene rings is 1. The van der Waals surface area contributed by atoms with Crippen molar-refractivity contribution < 1.29 is 9.53 Å². The number of esters is 1. The largest absolute Gasteiger partial charge is 0.461 e. The molecule has 0 saturated carbocycles. The molecule has 0 aliphatic heterocycles. The molecule has 0 spiro atoms. The van der Waals surface area contributed by atoms with Crippen molar-refractivity contribution in [1.82, 2.24) is 0 Å². The highest BCUT2D eigenvalue weighted by molar-refractivity contribution is 6.30. The SMILES string of the molecule is CCCC(CCN)CCC(=O)OCc1ccc(Cl)cc1. The Morgan fingerprint density at radius 3 is 2.55 bits per heavy atom. The molecule has 20 heavy (non-hydrogen) atoms. The lowest BCUT2D eigenvalue weighted by atomic mass is 9.94. The van der Waals surface area contributed by atoms with Gasteiger partial charge in [-0.1, -0.05) is 43.5 Å². The molecule has 4 heteroatoms. The number of nitrogens with two attached hydrogens (primary N) is 1. The van der Waals surface area contributed by atoms with E-state index in [1.807, 2.05) is 12.1 Å². The summed E-state index contributed by atoms with van der Waals surface area (Å²) in [6.07, 6.45) is 4.58. The van der Waals surface area contributed by atoms with Crippen molar-refractivity contribution in [2.45, 2.75) is 45.6 Å². The van der Waals surface area contributed by atoms with Gasteiger partial charge in [0.2, 0.25) is 0 Å². The van der Waals surface area contributed by atoms with Crippen molar-refractivity contribution in [1.29, 1.82) is 0 Å². The Kier molecular flexibility index (Phi) is 8.31. The van der Waals surface area contributed by atoms with Crippen LogP contribution in [0.25, 0.3) is 0 Å². The number of hydrogen-bond donors (Lipinski definition) is 1. The van der Waals surface area contributed by atoms with Gasteiger partial charge in [0.25, 0.3) is 0 Å². The van der Waals surface area contributed by atoms with Crippen LogP contribution in [0.1, 0.15) is 44.6 Å². The topological polar surface area (TPSA) is 52.3 Å². The lowest BCUT2D eigenvalue weighted by molar-refractivity contribution is -0.145. The fraction of sp³-hybridized carbons (Fsp3) is 0.562. The average molecular weight is 298 g/mol. The molecule has 0 aromatic heterocycles. The first-order valence-corrected chi connectivity index (χ1v) is 7.63. The van der Waals surface area contributed by atoms with Gasteiger partial charge in [-0.3, -0.25) is 4.79 Å². The van der Waals surface area contributed by atoms with Crippen LogP contribution in [-0.2, 0) is 16.1 Å². The van der Waals surface area contributed by atoms with Crippen LogP contribution in [-0.4, -0.2) is 12.5 Å². The number of carbonyl (C=O) groups excluding carboxylic acids is 1. The monoisotopic (exact) mass is 297 g/mol. The van der Waals surface area contributed by atoms with Gasteiger partial charge in [-0.05, 0) is 43.0 Å². The highest BCUT2D eigenvalue weighted by Gasteiger charge is 2.11. The van der Waals surface area contributed by atoms with Crippen LogP contribution in [0.4, 0.5) is 0 Å². The van der Waals surface area contributed by atoms with E-state index in [0.717, 1.165) is 31.2 Å². The number of ether oxygens (including phenoxy) is 1. The number of rotatable bonds is 9. The van der Waals surface area contributed by atoms with Crippen LogP contribution in [0.3, 0.4) is 0 Å². The number of halogens is 1. The van der Waals surface area contributed by atoms with E-state index in [9.17, 15) is 4.79 Å². The first-order chi connectivity index (χ1) is 9.65. The lowest BCUT2D eigenvalue weighted by Crippen LogP contribution is -2.12. The molecular weight excluding hydrogens is 274 g/mol. The molecule has 0 saturated heterocycles. The molecule has 1 rings (SSSR count). The van der Waals surface area contributed by atoms with Crippen LogP contribution in [0, 0.1) is 5.92 Å². The van der Waals surface area contributed by atoms with Gasteiger partial charge >= 0.3 is 5.97 Å². The third-order valence-corrected chi connectivity index (χ3v) is 3.59. The van der Waals surface area contributed by atoms with E-state index < -0.39 is 0 Å². The highest BCUT2D eigenvalue weighted by Crippen LogP contribution is 2.17. The molecule has 0 amide bonds. The molecule has 0 aliphatic carbocycles. The molecule has 1 atom stereocenters. The Morgan fingerprint density at radius 2 is 1.95 bits per heavy atom. The summed E-state index contributed by atoms with van der Waals surface area (Å²) in [6.45, 7) is 3.15. The van der Waals surface area contributed by atoms with Crippen LogP contribution in [0.2, 0.25) is 5.02 Å². The molecular formula is C16H24ClNO2. The van der Waals surface area contributed by atoms with E-state index in [2.05, 4.69) is 6.92 Å². The summed E-state index contributed by atoms with van der Waals surface area (Å²) in [5, 5.41) is 0.685. The molecule has 0 bridgehead atoms. The molecule has 112 valence electrons. The fourth-order valence-corrected chi connectivity index (χ4v) is 2.34. The summed E-state index contributed by atoms with van der Waals surface area (Å²) in [7, 11) is 0. The van der Waals surface area contributed by atoms with Crippen LogP contribution >= 0.6 is 11.6 Å². The van der Waals surface area contributed by atoms with Crippen molar-refractivity contribution in [3.8, 4) is 0 Å². The summed E-state index contributed by atoms with van der Waals surface area (Å²) in [5.74, 6) is 0.395. The summed E-state index contributed by atoms with van der Waals surface area (Å²) in [5.41, 5.74) is 6.54. The van der Waals surface area contributed by atoms with Gasteiger partial charge in [-0.15, -0.1) is 0 Å². The smallest absolute Gasteiger partial charge is 0.306 e. The maximum Gasteiger partial charge on any atom is 0.306 e. The van der Waals surface area contributed by atoms with E-state index in [0.29, 0.717) is 30.5 Å². The Morgan fingerprint density at radius 1 is 1.25 bits per heavy atom. The highest BCUT2D eigenvalue weighted by atomic mass is 35.5. The Labute approximate surface area is 126 Å². The van der Waals surface area contributed by atoms with Crippen LogP contribution in [0.15, 0.2) is 24.3 Å². The number of carbonyl (C=O) groups is 1. The molecule has 0 radical (unpaired) electrons. The first kappa shape index (κ1) is 17.0. The van der Waals surface area contributed by atoms with Crippen molar-refractivity contribution >= 4 is 17.6 Å². The molecule has 1 unspecified atom stereocenters. The molecule has 2 N–H and O–H groups in total. The van der Waals surface area contributed by atoms with Gasteiger partial charge in [-0.2, -0.15) is 0 Å². The van der Waals surface area contributed by atoms with Crippen molar-refractivity contribution in [2.24, 2.45) is 11.7 Å². The number of hydrogen-bond acceptors (Lipinski definition) is 3. The first-order valence-electron chi connectivity index (χ1n) is 7.25. The summed E-state index contributed by atoms with van der Waals surface area (Å²) >= 11 is 5.80. The fourth-order valence-electron chi connectivity index (χ4n) is 2.22. The van der Waals surface area contributed by atoms with Gasteiger partial charge in [0.15, 0.2) is 0 Å². The molecule has 0 fully saturated rings. The maximum atomic E-state index is 11.7. The lowest BCUT2D eigenvalue weighted by Gasteiger charge is -2.14. The quantitative estimate of drug-likeness (QED) is 0.703. The third-order valence-electron chi connectivity index (χ3n) is 3.34. The van der Waals surface area contributed by atoms with Crippen molar-refractivity contribution in [3.63, 3.8) is 0 Å². The van der Waals surface area contributed by atoms with Crippen LogP contribution < -0.4 is 5.73 Å². The van der Waals surface area contributed by atoms with Gasteiger partial charge in [-0.25, -0.2) is 0 Å². The molecule has 0 heterocycles. The second-order valence-electron chi connectivity index (χ2n) is 5.06. The maximum absolute atomic E-state index is 11.7. The van der Waals surface area contributed by atoms with E-state index >= 15 is 0 Å². The average Bonchev–Trinajstić information content (AvgIpc) is 2.44. The summed E-state index contributed by atoms with van der Waals surface area (Å²) in [6, 6.07) is 7.32. The van der Waals surface area contributed by atoms with Gasteiger partial charge in [0, 0.05) is 11.4 Å². The van der Waals surface area contributed by atoms with Crippen molar-refractivity contribution in [3.05, 3.63) is 34.9 Å². The van der Waals surface area contributed by atoms with E-state index in [4.69, 9.17) is 22.1 Å². The Balaban J connectivity index is 2.27. The van der Waals surface area contributed by atoms with Crippen LogP contribution in [0.5, 0.6) is 0 Å². The minimum Gasteiger partial charge on any atom is -0.461 e. The molecule has 0 aliphatic rings. The van der Waals surface area contributed by atoms with Gasteiger partial charge in [0.05, 0.1) is 0 Å². The predicted molar refractivity (Wildman–Crippen MR) is 82.6 cm³/mol. The Bertz CT molecular complexity index is 386. The Hall–Kier alpha value is -1.06. The van der Waals surface area contributed by atoms with Gasteiger partial charge in [0.1, 0.15) is 6.61 Å². The van der Waals surface area contributed by atoms with E-state index in [-0.39, 0.29) is 5.97 Å². The standard InChI is InChI=1S/C16H24ClNO2/c1-2-3-13(10-11-18)6-9-16(19)20-12-14-4-7-15(17)8-5-14/h4-5,7-8,13H,2-3,6,9-12,18H2,1H3. The predicted octanol–water partition coefficient (Wildman–Crippen LogP) is 3.93. The second-order valence-corrected chi connectivity index (χ2v) is 5.49. The normalized spacial score (nSPS) is 12.2. The second kappa shape index (κ2) is 9.78. The van der Waals surface area contributed by atoms with E-state index in [1.165, 1.54) is 0 Å². The zero-order valence-corrected chi connectivity index (χ0v) is 12.9. The zero-order chi connectivity index (χ0) is 14.8. The van der Waals surface area contributed by atoms with Crippen molar-refractivity contribution in [2.75, 3.05) is 6.54 Å². The summed E-state index contributed by atoms with van der Waals surface area (Å²) in [4.78, 5) is 11.7. The van der Waals surface area contributed by atoms with E-state index in [1.54, 1.807) is 12.1 Å². The molecule has 1 aromatic rings. The molecule has 1 aromatic carbocycles. The summed E-state index contributed by atoms with van der Waals surface area (Å²) < 4.78 is 5.26.